The van der Waals surface area contributed by atoms with Crippen molar-refractivity contribution >= 4 is 11.7 Å². The molecule has 1 atom stereocenters. The van der Waals surface area contributed by atoms with E-state index < -0.39 is 0 Å². The van der Waals surface area contributed by atoms with Crippen molar-refractivity contribution in [2.75, 3.05) is 6.54 Å². The largest absolute Gasteiger partial charge is 0.305 e. The van der Waals surface area contributed by atoms with Gasteiger partial charge in [-0.2, -0.15) is 8.75 Å². The van der Waals surface area contributed by atoms with E-state index in [2.05, 4.69) is 21.0 Å². The van der Waals surface area contributed by atoms with Crippen molar-refractivity contribution in [3.8, 4) is 0 Å². The van der Waals surface area contributed by atoms with Gasteiger partial charge in [-0.25, -0.2) is 4.39 Å². The Morgan fingerprint density at radius 1 is 1.44 bits per heavy atom. The molecule has 0 saturated carbocycles. The summed E-state index contributed by atoms with van der Waals surface area (Å²) in [4.78, 5) is 0. The van der Waals surface area contributed by atoms with Gasteiger partial charge in [0.2, 0.25) is 0 Å². The fourth-order valence-electron chi connectivity index (χ4n) is 1.85. The number of halogens is 1. The number of hydrogen-bond donors (Lipinski definition) is 1. The van der Waals surface area contributed by atoms with Crippen molar-refractivity contribution in [3.05, 3.63) is 47.0 Å². The molecule has 0 aliphatic carbocycles. The molecule has 5 heteroatoms. The van der Waals surface area contributed by atoms with Crippen LogP contribution >= 0.6 is 11.7 Å². The minimum absolute atomic E-state index is 0.206. The molecule has 1 heterocycles. The van der Waals surface area contributed by atoms with E-state index in [-0.39, 0.29) is 11.9 Å². The third-order valence-corrected chi connectivity index (χ3v) is 3.23. The molecule has 0 amide bonds. The van der Waals surface area contributed by atoms with E-state index in [4.69, 9.17) is 0 Å². The van der Waals surface area contributed by atoms with Crippen molar-refractivity contribution in [2.45, 2.75) is 26.3 Å². The van der Waals surface area contributed by atoms with Crippen LogP contribution in [0.4, 0.5) is 4.39 Å². The summed E-state index contributed by atoms with van der Waals surface area (Å²) in [5, 5.41) is 3.32. The van der Waals surface area contributed by atoms with Crippen molar-refractivity contribution in [1.82, 2.24) is 14.1 Å². The molecule has 0 aliphatic rings. The van der Waals surface area contributed by atoms with E-state index in [1.165, 1.54) is 6.07 Å². The Morgan fingerprint density at radius 3 is 2.94 bits per heavy atom. The maximum atomic E-state index is 14.0. The molecule has 96 valence electrons. The molecule has 0 spiro atoms. The molecule has 2 aromatic rings. The Morgan fingerprint density at radius 2 is 2.28 bits per heavy atom. The Hall–Kier alpha value is -1.33. The summed E-state index contributed by atoms with van der Waals surface area (Å²) in [5.74, 6) is -0.206. The van der Waals surface area contributed by atoms with Gasteiger partial charge in [0.05, 0.1) is 29.7 Å². The molecule has 2 rings (SSSR count). The summed E-state index contributed by atoms with van der Waals surface area (Å²) in [5.41, 5.74) is 2.45. The fourth-order valence-corrected chi connectivity index (χ4v) is 2.30. The Labute approximate surface area is 110 Å². The van der Waals surface area contributed by atoms with Crippen LogP contribution in [0.2, 0.25) is 0 Å². The third-order valence-electron chi connectivity index (χ3n) is 2.74. The number of benzene rings is 1. The van der Waals surface area contributed by atoms with Crippen molar-refractivity contribution in [3.63, 3.8) is 0 Å². The zero-order valence-electron chi connectivity index (χ0n) is 10.5. The number of hydrogen-bond acceptors (Lipinski definition) is 4. The van der Waals surface area contributed by atoms with Gasteiger partial charge in [0.15, 0.2) is 0 Å². The highest BCUT2D eigenvalue weighted by Gasteiger charge is 2.19. The fraction of sp³-hybridized carbons (Fsp3) is 0.385. The first-order valence-corrected chi connectivity index (χ1v) is 6.72. The highest BCUT2D eigenvalue weighted by molar-refractivity contribution is 6.99. The first-order valence-electron chi connectivity index (χ1n) is 5.99. The predicted octanol–water partition coefficient (Wildman–Crippen LogP) is 3.07. The second kappa shape index (κ2) is 6.02. The molecule has 0 saturated heterocycles. The lowest BCUT2D eigenvalue weighted by Crippen LogP contribution is -2.24. The number of nitrogens with one attached hydrogen (secondary N) is 1. The zero-order chi connectivity index (χ0) is 13.0. The number of aryl methyl sites for hydroxylation is 1. The van der Waals surface area contributed by atoms with Gasteiger partial charge in [-0.15, -0.1) is 0 Å². The smallest absolute Gasteiger partial charge is 0.128 e. The summed E-state index contributed by atoms with van der Waals surface area (Å²) in [6.45, 7) is 4.85. The van der Waals surface area contributed by atoms with Crippen LogP contribution in [0.25, 0.3) is 0 Å². The zero-order valence-corrected chi connectivity index (χ0v) is 11.3. The SMILES string of the molecule is CCCNC(c1cnsn1)c1cc(C)ccc1F. The average molecular weight is 265 g/mol. The first-order chi connectivity index (χ1) is 8.72. The van der Waals surface area contributed by atoms with Gasteiger partial charge in [-0.3, -0.25) is 0 Å². The summed E-state index contributed by atoms with van der Waals surface area (Å²) in [6, 6.07) is 4.92. The van der Waals surface area contributed by atoms with Gasteiger partial charge in [0.1, 0.15) is 5.82 Å². The summed E-state index contributed by atoms with van der Waals surface area (Å²) in [7, 11) is 0. The van der Waals surface area contributed by atoms with Crippen molar-refractivity contribution in [2.24, 2.45) is 0 Å². The van der Waals surface area contributed by atoms with Gasteiger partial charge < -0.3 is 5.32 Å². The van der Waals surface area contributed by atoms with Gasteiger partial charge in [-0.05, 0) is 26.0 Å². The van der Waals surface area contributed by atoms with Crippen molar-refractivity contribution in [1.29, 1.82) is 0 Å². The Balaban J connectivity index is 2.36. The lowest BCUT2D eigenvalue weighted by molar-refractivity contribution is 0.541. The number of rotatable bonds is 5. The lowest BCUT2D eigenvalue weighted by atomic mass is 10.0. The highest BCUT2D eigenvalue weighted by Crippen LogP contribution is 2.24. The van der Waals surface area contributed by atoms with E-state index in [0.717, 1.165) is 36.0 Å². The molecule has 0 bridgehead atoms. The van der Waals surface area contributed by atoms with Crippen LogP contribution in [0.15, 0.2) is 24.4 Å². The molecule has 0 radical (unpaired) electrons. The third kappa shape index (κ3) is 2.91. The normalized spacial score (nSPS) is 12.6. The van der Waals surface area contributed by atoms with Crippen LogP contribution in [-0.2, 0) is 0 Å². The molecule has 1 aromatic heterocycles. The number of nitrogens with zero attached hydrogens (tertiary/aromatic N) is 2. The minimum Gasteiger partial charge on any atom is -0.305 e. The quantitative estimate of drug-likeness (QED) is 0.902. The molecule has 1 aromatic carbocycles. The van der Waals surface area contributed by atoms with E-state index in [1.54, 1.807) is 12.3 Å². The molecule has 0 aliphatic heterocycles. The van der Waals surface area contributed by atoms with Crippen LogP contribution in [0.5, 0.6) is 0 Å². The van der Waals surface area contributed by atoms with Gasteiger partial charge >= 0.3 is 0 Å². The Kier molecular flexibility index (Phi) is 4.38. The molecule has 18 heavy (non-hydrogen) atoms. The van der Waals surface area contributed by atoms with Crippen LogP contribution in [0.3, 0.4) is 0 Å². The monoisotopic (exact) mass is 265 g/mol. The molecule has 0 fully saturated rings. The summed E-state index contributed by atoms with van der Waals surface area (Å²) >= 11 is 1.14. The molecule has 1 unspecified atom stereocenters. The number of aromatic nitrogens is 2. The average Bonchev–Trinajstić information content (AvgIpc) is 2.88. The first kappa shape index (κ1) is 13.1. The van der Waals surface area contributed by atoms with Crippen LogP contribution in [0.1, 0.15) is 36.2 Å². The Bertz CT molecular complexity index is 499. The summed E-state index contributed by atoms with van der Waals surface area (Å²) < 4.78 is 22.2. The maximum absolute atomic E-state index is 14.0. The van der Waals surface area contributed by atoms with E-state index in [9.17, 15) is 4.39 Å². The predicted molar refractivity (Wildman–Crippen MR) is 71.2 cm³/mol. The van der Waals surface area contributed by atoms with E-state index in [0.29, 0.717) is 5.56 Å². The summed E-state index contributed by atoms with van der Waals surface area (Å²) in [6.07, 6.45) is 2.68. The van der Waals surface area contributed by atoms with Crippen LogP contribution in [0, 0.1) is 12.7 Å². The molecular weight excluding hydrogens is 249 g/mol. The second-order valence-electron chi connectivity index (χ2n) is 4.24. The highest BCUT2D eigenvalue weighted by atomic mass is 32.1. The van der Waals surface area contributed by atoms with Gasteiger partial charge in [0, 0.05) is 5.56 Å². The van der Waals surface area contributed by atoms with Gasteiger partial charge in [-0.1, -0.05) is 24.6 Å². The lowest BCUT2D eigenvalue weighted by Gasteiger charge is -2.17. The minimum atomic E-state index is -0.219. The van der Waals surface area contributed by atoms with E-state index in [1.807, 2.05) is 13.0 Å². The van der Waals surface area contributed by atoms with E-state index >= 15 is 0 Å². The standard InChI is InChI=1S/C13H16FN3S/c1-3-6-15-13(12-8-16-18-17-12)10-7-9(2)4-5-11(10)14/h4-5,7-8,13,15H,3,6H2,1-2H3. The maximum Gasteiger partial charge on any atom is 0.128 e. The molecule has 3 nitrogen and oxygen atoms in total. The van der Waals surface area contributed by atoms with Gasteiger partial charge in [0.25, 0.3) is 0 Å². The molecular formula is C13H16FN3S. The van der Waals surface area contributed by atoms with Crippen molar-refractivity contribution < 1.29 is 4.39 Å². The molecule has 1 N–H and O–H groups in total. The second-order valence-corrected chi connectivity index (χ2v) is 4.80. The topological polar surface area (TPSA) is 37.8 Å². The van der Waals surface area contributed by atoms with Crippen LogP contribution in [-0.4, -0.2) is 15.3 Å². The van der Waals surface area contributed by atoms with Crippen LogP contribution < -0.4 is 5.32 Å².